The highest BCUT2D eigenvalue weighted by Crippen LogP contribution is 2.31. The van der Waals surface area contributed by atoms with Crippen molar-refractivity contribution in [1.29, 1.82) is 5.26 Å². The smallest absolute Gasteiger partial charge is 0.122 e. The Morgan fingerprint density at radius 2 is 2.00 bits per heavy atom. The molecule has 0 spiro atoms. The van der Waals surface area contributed by atoms with Crippen molar-refractivity contribution in [2.75, 3.05) is 20.2 Å². The molecule has 0 aliphatic carbocycles. The van der Waals surface area contributed by atoms with Gasteiger partial charge in [-0.2, -0.15) is 5.26 Å². The molecule has 0 aliphatic rings. The second kappa shape index (κ2) is 7.16. The number of ether oxygens (including phenoxy) is 1. The van der Waals surface area contributed by atoms with Crippen molar-refractivity contribution in [2.24, 2.45) is 0 Å². The number of hydrogen-bond donors (Lipinski definition) is 1. The van der Waals surface area contributed by atoms with Gasteiger partial charge in [-0.1, -0.05) is 32.9 Å². The molecule has 0 aromatic heterocycles. The van der Waals surface area contributed by atoms with Crippen LogP contribution in [0.2, 0.25) is 0 Å². The van der Waals surface area contributed by atoms with E-state index < -0.39 is 0 Å². The maximum Gasteiger partial charge on any atom is 0.122 e. The zero-order valence-corrected chi connectivity index (χ0v) is 12.4. The quantitative estimate of drug-likeness (QED) is 0.800. The van der Waals surface area contributed by atoms with Crippen LogP contribution in [0, 0.1) is 11.3 Å². The van der Waals surface area contributed by atoms with E-state index in [1.807, 2.05) is 6.07 Å². The molecule has 0 atom stereocenters. The topological polar surface area (TPSA) is 45.0 Å². The van der Waals surface area contributed by atoms with Gasteiger partial charge >= 0.3 is 0 Å². The molecule has 0 fully saturated rings. The lowest BCUT2D eigenvalue weighted by Crippen LogP contribution is -2.19. The third-order valence-corrected chi connectivity index (χ3v) is 3.08. The molecule has 1 N–H and O–H groups in total. The minimum Gasteiger partial charge on any atom is -0.496 e. The molecule has 0 heterocycles. The maximum absolute atomic E-state index is 8.46. The molecular formula is C16H24N2O. The Kier molecular flexibility index (Phi) is 5.85. The monoisotopic (exact) mass is 260 g/mol. The Morgan fingerprint density at radius 3 is 2.58 bits per heavy atom. The molecule has 1 aromatic carbocycles. The fourth-order valence-corrected chi connectivity index (χ4v) is 2.00. The minimum atomic E-state index is 0.0790. The molecule has 0 bridgehead atoms. The number of nitrogens with zero attached hydrogens (tertiary/aromatic N) is 1. The van der Waals surface area contributed by atoms with Crippen LogP contribution >= 0.6 is 0 Å². The van der Waals surface area contributed by atoms with Crippen molar-refractivity contribution in [1.82, 2.24) is 5.32 Å². The lowest BCUT2D eigenvalue weighted by atomic mass is 9.85. The van der Waals surface area contributed by atoms with Crippen LogP contribution in [0.1, 0.15) is 38.3 Å². The Balaban J connectivity index is 2.68. The second-order valence-electron chi connectivity index (χ2n) is 5.69. The summed E-state index contributed by atoms with van der Waals surface area (Å²) < 4.78 is 5.43. The summed E-state index contributed by atoms with van der Waals surface area (Å²) in [6, 6.07) is 8.52. The molecule has 0 amide bonds. The van der Waals surface area contributed by atoms with Crippen LogP contribution in [0.25, 0.3) is 0 Å². The predicted molar refractivity (Wildman–Crippen MR) is 78.5 cm³/mol. The molecule has 0 saturated carbocycles. The highest BCUT2D eigenvalue weighted by molar-refractivity contribution is 5.41. The van der Waals surface area contributed by atoms with E-state index in [2.05, 4.69) is 44.3 Å². The van der Waals surface area contributed by atoms with Gasteiger partial charge in [0.15, 0.2) is 0 Å². The van der Waals surface area contributed by atoms with Gasteiger partial charge in [-0.3, -0.25) is 0 Å². The number of rotatable bonds is 6. The fourth-order valence-electron chi connectivity index (χ4n) is 2.00. The molecule has 1 aromatic rings. The van der Waals surface area contributed by atoms with Gasteiger partial charge in [0.2, 0.25) is 0 Å². The van der Waals surface area contributed by atoms with Gasteiger partial charge in [-0.05, 0) is 35.6 Å². The van der Waals surface area contributed by atoms with Crippen LogP contribution < -0.4 is 10.1 Å². The summed E-state index contributed by atoms with van der Waals surface area (Å²) in [4.78, 5) is 0. The van der Waals surface area contributed by atoms with E-state index in [1.54, 1.807) is 7.11 Å². The first kappa shape index (κ1) is 15.5. The predicted octanol–water partition coefficient (Wildman–Crippen LogP) is 3.04. The van der Waals surface area contributed by atoms with Gasteiger partial charge in [-0.25, -0.2) is 0 Å². The molecule has 19 heavy (non-hydrogen) atoms. The van der Waals surface area contributed by atoms with Crippen molar-refractivity contribution < 1.29 is 4.74 Å². The average Bonchev–Trinajstić information content (AvgIpc) is 2.37. The standard InChI is InChI=1S/C16H24N2O/c1-16(2,3)14-12-13(6-7-15(14)19-4)8-11-18-10-5-9-17/h6-7,12,18H,5,8,10-11H2,1-4H3. The Labute approximate surface area is 116 Å². The molecule has 0 unspecified atom stereocenters. The average molecular weight is 260 g/mol. The molecule has 0 saturated heterocycles. The van der Waals surface area contributed by atoms with Gasteiger partial charge in [0.05, 0.1) is 13.2 Å². The van der Waals surface area contributed by atoms with Crippen LogP contribution in [0.3, 0.4) is 0 Å². The van der Waals surface area contributed by atoms with E-state index in [0.717, 1.165) is 25.3 Å². The SMILES string of the molecule is COc1ccc(CCNCCC#N)cc1C(C)(C)C. The van der Waals surface area contributed by atoms with Crippen molar-refractivity contribution in [3.8, 4) is 11.8 Å². The van der Waals surface area contributed by atoms with Crippen LogP contribution in [0.5, 0.6) is 5.75 Å². The van der Waals surface area contributed by atoms with Gasteiger partial charge in [-0.15, -0.1) is 0 Å². The Hall–Kier alpha value is -1.53. The molecular weight excluding hydrogens is 236 g/mol. The summed E-state index contributed by atoms with van der Waals surface area (Å²) >= 11 is 0. The lowest BCUT2D eigenvalue weighted by molar-refractivity contribution is 0.397. The van der Waals surface area contributed by atoms with E-state index in [-0.39, 0.29) is 5.41 Å². The van der Waals surface area contributed by atoms with Crippen molar-refractivity contribution >= 4 is 0 Å². The summed E-state index contributed by atoms with van der Waals surface area (Å²) in [7, 11) is 1.72. The molecule has 3 nitrogen and oxygen atoms in total. The first-order valence-electron chi connectivity index (χ1n) is 6.74. The van der Waals surface area contributed by atoms with Gasteiger partial charge < -0.3 is 10.1 Å². The number of methoxy groups -OCH3 is 1. The maximum atomic E-state index is 8.46. The molecule has 104 valence electrons. The van der Waals surface area contributed by atoms with Crippen LogP contribution in [-0.2, 0) is 11.8 Å². The fraction of sp³-hybridized carbons (Fsp3) is 0.562. The van der Waals surface area contributed by atoms with Crippen LogP contribution in [-0.4, -0.2) is 20.2 Å². The number of hydrogen-bond acceptors (Lipinski definition) is 3. The van der Waals surface area contributed by atoms with E-state index >= 15 is 0 Å². The van der Waals surface area contributed by atoms with E-state index in [4.69, 9.17) is 10.00 Å². The number of nitrogens with one attached hydrogen (secondary N) is 1. The highest BCUT2D eigenvalue weighted by atomic mass is 16.5. The van der Waals surface area contributed by atoms with Crippen molar-refractivity contribution in [3.05, 3.63) is 29.3 Å². The second-order valence-corrected chi connectivity index (χ2v) is 5.69. The minimum absolute atomic E-state index is 0.0790. The first-order valence-corrected chi connectivity index (χ1v) is 6.74. The third kappa shape index (κ3) is 4.92. The number of nitriles is 1. The molecule has 0 radical (unpaired) electrons. The highest BCUT2D eigenvalue weighted by Gasteiger charge is 2.18. The zero-order chi connectivity index (χ0) is 14.3. The van der Waals surface area contributed by atoms with E-state index in [0.29, 0.717) is 6.42 Å². The van der Waals surface area contributed by atoms with Gasteiger partial charge in [0.1, 0.15) is 5.75 Å². The zero-order valence-electron chi connectivity index (χ0n) is 12.4. The lowest BCUT2D eigenvalue weighted by Gasteiger charge is -2.23. The van der Waals surface area contributed by atoms with Crippen LogP contribution in [0.15, 0.2) is 18.2 Å². The summed E-state index contributed by atoms with van der Waals surface area (Å²) in [5.41, 5.74) is 2.62. The van der Waals surface area contributed by atoms with E-state index in [1.165, 1.54) is 11.1 Å². The van der Waals surface area contributed by atoms with Crippen molar-refractivity contribution in [3.63, 3.8) is 0 Å². The van der Waals surface area contributed by atoms with E-state index in [9.17, 15) is 0 Å². The Bertz CT molecular complexity index is 441. The molecule has 3 heteroatoms. The van der Waals surface area contributed by atoms with Crippen LogP contribution in [0.4, 0.5) is 0 Å². The summed E-state index contributed by atoms with van der Waals surface area (Å²) in [5.74, 6) is 0.952. The normalized spacial score (nSPS) is 11.1. The number of benzene rings is 1. The largest absolute Gasteiger partial charge is 0.496 e. The third-order valence-electron chi connectivity index (χ3n) is 3.08. The Morgan fingerprint density at radius 1 is 1.26 bits per heavy atom. The van der Waals surface area contributed by atoms with Gasteiger partial charge in [0, 0.05) is 13.0 Å². The molecule has 0 aliphatic heterocycles. The molecule has 1 rings (SSSR count). The first-order chi connectivity index (χ1) is 8.99. The summed E-state index contributed by atoms with van der Waals surface area (Å²) in [6.07, 6.45) is 1.54. The van der Waals surface area contributed by atoms with Crippen molar-refractivity contribution in [2.45, 2.75) is 39.0 Å². The summed E-state index contributed by atoms with van der Waals surface area (Å²) in [5, 5.41) is 11.7. The summed E-state index contributed by atoms with van der Waals surface area (Å²) in [6.45, 7) is 8.25. The van der Waals surface area contributed by atoms with Gasteiger partial charge in [0.25, 0.3) is 0 Å².